The molecule has 0 saturated heterocycles. The Labute approximate surface area is 101 Å². The largest absolute Gasteiger partial charge is 0.478 e. The van der Waals surface area contributed by atoms with E-state index in [1.165, 1.54) is 13.2 Å². The van der Waals surface area contributed by atoms with Crippen LogP contribution in [0.25, 0.3) is 0 Å². The predicted molar refractivity (Wildman–Crippen MR) is 63.4 cm³/mol. The molecule has 0 amide bonds. The Morgan fingerprint density at radius 2 is 2.00 bits per heavy atom. The van der Waals surface area contributed by atoms with Crippen LogP contribution in [-0.2, 0) is 14.3 Å². The number of esters is 1. The number of rotatable bonds is 2. The maximum atomic E-state index is 11.8. The van der Waals surface area contributed by atoms with Crippen LogP contribution < -0.4 is 0 Å². The Kier molecular flexibility index (Phi) is 3.76. The van der Waals surface area contributed by atoms with E-state index in [2.05, 4.69) is 0 Å². The van der Waals surface area contributed by atoms with Gasteiger partial charge >= 0.3 is 11.9 Å². The van der Waals surface area contributed by atoms with Crippen molar-refractivity contribution in [2.24, 2.45) is 5.41 Å². The number of allylic oxidation sites excluding steroid dienone is 2. The van der Waals surface area contributed by atoms with Crippen LogP contribution in [0.4, 0.5) is 0 Å². The van der Waals surface area contributed by atoms with E-state index in [1.54, 1.807) is 6.92 Å². The van der Waals surface area contributed by atoms with E-state index in [0.717, 1.165) is 12.0 Å². The summed E-state index contributed by atoms with van der Waals surface area (Å²) in [4.78, 5) is 22.5. The second-order valence-electron chi connectivity index (χ2n) is 4.88. The number of carbonyl (C=O) groups is 2. The van der Waals surface area contributed by atoms with Crippen molar-refractivity contribution < 1.29 is 19.4 Å². The first-order chi connectivity index (χ1) is 7.79. The van der Waals surface area contributed by atoms with Gasteiger partial charge in [0.15, 0.2) is 0 Å². The molecule has 0 atom stereocenters. The second kappa shape index (κ2) is 4.73. The van der Waals surface area contributed by atoms with Crippen LogP contribution in [0.2, 0.25) is 0 Å². The lowest BCUT2D eigenvalue weighted by molar-refractivity contribution is -0.137. The van der Waals surface area contributed by atoms with Gasteiger partial charge in [0, 0.05) is 11.6 Å². The first-order valence-corrected chi connectivity index (χ1v) is 5.53. The topological polar surface area (TPSA) is 63.6 Å². The van der Waals surface area contributed by atoms with Crippen molar-refractivity contribution >= 4 is 11.9 Å². The molecule has 0 bridgehead atoms. The van der Waals surface area contributed by atoms with Crippen molar-refractivity contribution in [3.8, 4) is 0 Å². The molecule has 1 aliphatic rings. The van der Waals surface area contributed by atoms with E-state index < -0.39 is 5.97 Å². The van der Waals surface area contributed by atoms with Crippen molar-refractivity contribution in [3.05, 3.63) is 22.8 Å². The number of carboxylic acid groups (broad SMARTS) is 1. The fourth-order valence-corrected chi connectivity index (χ4v) is 2.29. The van der Waals surface area contributed by atoms with Crippen molar-refractivity contribution in [1.82, 2.24) is 0 Å². The molecule has 0 aliphatic heterocycles. The van der Waals surface area contributed by atoms with Gasteiger partial charge in [0.1, 0.15) is 0 Å². The summed E-state index contributed by atoms with van der Waals surface area (Å²) in [6, 6.07) is 0. The normalized spacial score (nSPS) is 21.5. The average molecular weight is 238 g/mol. The highest BCUT2D eigenvalue weighted by atomic mass is 16.5. The molecule has 1 rings (SSSR count). The Morgan fingerprint density at radius 1 is 1.41 bits per heavy atom. The Bertz CT molecular complexity index is 413. The molecular weight excluding hydrogens is 220 g/mol. The zero-order valence-electron chi connectivity index (χ0n) is 10.7. The molecule has 94 valence electrons. The number of carbonyl (C=O) groups excluding carboxylic acids is 1. The molecule has 4 heteroatoms. The Balaban J connectivity index is 3.31. The summed E-state index contributed by atoms with van der Waals surface area (Å²) in [5.41, 5.74) is 1.75. The lowest BCUT2D eigenvalue weighted by Gasteiger charge is -2.33. The van der Waals surface area contributed by atoms with E-state index in [1.807, 2.05) is 13.8 Å². The zero-order valence-corrected chi connectivity index (χ0v) is 10.7. The van der Waals surface area contributed by atoms with Crippen LogP contribution in [0.5, 0.6) is 0 Å². The highest BCUT2D eigenvalue weighted by Crippen LogP contribution is 2.42. The molecule has 0 radical (unpaired) electrons. The average Bonchev–Trinajstić information content (AvgIpc) is 2.21. The monoisotopic (exact) mass is 238 g/mol. The third kappa shape index (κ3) is 2.75. The van der Waals surface area contributed by atoms with Crippen LogP contribution in [0.1, 0.15) is 33.6 Å². The second-order valence-corrected chi connectivity index (χ2v) is 4.88. The molecule has 0 aromatic heterocycles. The highest BCUT2D eigenvalue weighted by Gasteiger charge is 2.35. The minimum Gasteiger partial charge on any atom is -0.478 e. The number of methoxy groups -OCH3 is 1. The van der Waals surface area contributed by atoms with Crippen LogP contribution in [0, 0.1) is 5.41 Å². The standard InChI is InChI=1S/C13H18O4/c1-8-9(7-10(14)15)5-6-13(2,3)11(8)12(16)17-4/h7H,5-6H2,1-4H3,(H,14,15). The van der Waals surface area contributed by atoms with Crippen molar-refractivity contribution in [2.75, 3.05) is 7.11 Å². The summed E-state index contributed by atoms with van der Waals surface area (Å²) < 4.78 is 4.78. The third-order valence-electron chi connectivity index (χ3n) is 3.24. The molecule has 0 fully saturated rings. The van der Waals surface area contributed by atoms with Crippen molar-refractivity contribution in [3.63, 3.8) is 0 Å². The SMILES string of the molecule is COC(=O)C1=C(C)C(=CC(=O)O)CCC1(C)C. The maximum absolute atomic E-state index is 11.8. The number of ether oxygens (including phenoxy) is 1. The first-order valence-electron chi connectivity index (χ1n) is 5.53. The summed E-state index contributed by atoms with van der Waals surface area (Å²) >= 11 is 0. The van der Waals surface area contributed by atoms with Gasteiger partial charge in [-0.3, -0.25) is 0 Å². The summed E-state index contributed by atoms with van der Waals surface area (Å²) in [6.45, 7) is 5.72. The zero-order chi connectivity index (χ0) is 13.2. The van der Waals surface area contributed by atoms with Gasteiger partial charge in [0.05, 0.1) is 7.11 Å². The van der Waals surface area contributed by atoms with Gasteiger partial charge in [-0.05, 0) is 36.3 Å². The van der Waals surface area contributed by atoms with Crippen LogP contribution in [0.15, 0.2) is 22.8 Å². The minimum atomic E-state index is -0.983. The van der Waals surface area contributed by atoms with E-state index in [4.69, 9.17) is 9.84 Å². The van der Waals surface area contributed by atoms with Crippen LogP contribution in [-0.4, -0.2) is 24.2 Å². The quantitative estimate of drug-likeness (QED) is 0.592. The molecule has 1 N–H and O–H groups in total. The van der Waals surface area contributed by atoms with Gasteiger partial charge in [-0.15, -0.1) is 0 Å². The smallest absolute Gasteiger partial charge is 0.334 e. The van der Waals surface area contributed by atoms with E-state index >= 15 is 0 Å². The molecular formula is C13H18O4. The molecule has 0 aromatic carbocycles. The summed E-state index contributed by atoms with van der Waals surface area (Å²) in [6.07, 6.45) is 2.59. The number of aliphatic carboxylic acids is 1. The molecule has 4 nitrogen and oxygen atoms in total. The molecule has 0 heterocycles. The maximum Gasteiger partial charge on any atom is 0.334 e. The molecule has 0 saturated carbocycles. The fraction of sp³-hybridized carbons (Fsp3) is 0.538. The molecule has 1 aliphatic carbocycles. The van der Waals surface area contributed by atoms with Crippen molar-refractivity contribution in [2.45, 2.75) is 33.6 Å². The first kappa shape index (κ1) is 13.5. The van der Waals surface area contributed by atoms with Crippen LogP contribution in [0.3, 0.4) is 0 Å². The molecule has 0 spiro atoms. The lowest BCUT2D eigenvalue weighted by atomic mass is 9.71. The predicted octanol–water partition coefficient (Wildman–Crippen LogP) is 2.31. The van der Waals surface area contributed by atoms with E-state index in [-0.39, 0.29) is 11.4 Å². The minimum absolute atomic E-state index is 0.271. The van der Waals surface area contributed by atoms with E-state index in [9.17, 15) is 9.59 Å². The summed E-state index contributed by atoms with van der Waals surface area (Å²) in [5, 5.41) is 8.78. The van der Waals surface area contributed by atoms with Gasteiger partial charge in [0.2, 0.25) is 0 Å². The Hall–Kier alpha value is -1.58. The van der Waals surface area contributed by atoms with E-state index in [0.29, 0.717) is 17.6 Å². The fourth-order valence-electron chi connectivity index (χ4n) is 2.29. The number of hydrogen-bond donors (Lipinski definition) is 1. The van der Waals surface area contributed by atoms with Crippen LogP contribution >= 0.6 is 0 Å². The summed E-state index contributed by atoms with van der Waals surface area (Å²) in [7, 11) is 1.34. The highest BCUT2D eigenvalue weighted by molar-refractivity contribution is 5.93. The van der Waals surface area contributed by atoms with Gasteiger partial charge in [-0.25, -0.2) is 9.59 Å². The van der Waals surface area contributed by atoms with Gasteiger partial charge < -0.3 is 9.84 Å². The van der Waals surface area contributed by atoms with Gasteiger partial charge in [-0.2, -0.15) is 0 Å². The molecule has 0 unspecified atom stereocenters. The molecule has 17 heavy (non-hydrogen) atoms. The number of hydrogen-bond acceptors (Lipinski definition) is 3. The van der Waals surface area contributed by atoms with Gasteiger partial charge in [-0.1, -0.05) is 13.8 Å². The Morgan fingerprint density at radius 3 is 2.47 bits per heavy atom. The summed E-state index contributed by atoms with van der Waals surface area (Å²) in [5.74, 6) is -1.35. The third-order valence-corrected chi connectivity index (χ3v) is 3.24. The number of carboxylic acids is 1. The lowest BCUT2D eigenvalue weighted by Crippen LogP contribution is -2.28. The van der Waals surface area contributed by atoms with Crippen molar-refractivity contribution in [1.29, 1.82) is 0 Å². The molecule has 0 aromatic rings. The van der Waals surface area contributed by atoms with Gasteiger partial charge in [0.25, 0.3) is 0 Å².